The van der Waals surface area contributed by atoms with Crippen molar-refractivity contribution in [1.29, 1.82) is 0 Å². The lowest BCUT2D eigenvalue weighted by molar-refractivity contribution is 0.00741. The third-order valence-corrected chi connectivity index (χ3v) is 7.19. The van der Waals surface area contributed by atoms with Gasteiger partial charge in [0.1, 0.15) is 17.1 Å². The number of benzene rings is 1. The Bertz CT molecular complexity index is 726. The minimum atomic E-state index is -0.204. The van der Waals surface area contributed by atoms with Crippen molar-refractivity contribution in [1.82, 2.24) is 0 Å². The summed E-state index contributed by atoms with van der Waals surface area (Å²) in [5.74, 6) is 2.13. The van der Waals surface area contributed by atoms with Crippen molar-refractivity contribution in [2.45, 2.75) is 110 Å². The molecule has 0 saturated heterocycles. The van der Waals surface area contributed by atoms with Crippen molar-refractivity contribution in [2.75, 3.05) is 0 Å². The number of fused-ring (bicyclic) bond motifs is 3. The van der Waals surface area contributed by atoms with Gasteiger partial charge in [-0.3, -0.25) is 0 Å². The number of phenols is 1. The molecule has 2 atom stereocenters. The monoisotopic (exact) mass is 384 g/mol. The van der Waals surface area contributed by atoms with Crippen LogP contribution < -0.4 is 4.74 Å². The van der Waals surface area contributed by atoms with Crippen molar-refractivity contribution in [3.05, 3.63) is 34.9 Å². The summed E-state index contributed by atoms with van der Waals surface area (Å²) >= 11 is 0. The molecule has 0 fully saturated rings. The minimum Gasteiger partial charge on any atom is -0.508 e. The van der Waals surface area contributed by atoms with Gasteiger partial charge in [-0.05, 0) is 63.1 Å². The Kier molecular flexibility index (Phi) is 6.17. The lowest BCUT2D eigenvalue weighted by atomic mass is 9.66. The Morgan fingerprint density at radius 1 is 1.14 bits per heavy atom. The second kappa shape index (κ2) is 8.13. The second-order valence-corrected chi connectivity index (χ2v) is 10.4. The first-order chi connectivity index (χ1) is 13.2. The van der Waals surface area contributed by atoms with Gasteiger partial charge in [0.25, 0.3) is 0 Å². The summed E-state index contributed by atoms with van der Waals surface area (Å²) in [5.41, 5.74) is 3.52. The SMILES string of the molecule is CCCCCCCC(C)(C)c1cc(O)c2c(c1)OC(C)(C)[C@@H]1CC=C(C)C[C@@H]21. The number of rotatable bonds is 7. The first kappa shape index (κ1) is 21.3. The molecule has 1 aliphatic carbocycles. The molecule has 0 bridgehead atoms. The highest BCUT2D eigenvalue weighted by Gasteiger charge is 2.46. The fraction of sp³-hybridized carbons (Fsp3) is 0.692. The molecular formula is C26H40O2. The number of hydrogen-bond donors (Lipinski definition) is 1. The molecule has 0 amide bonds. The van der Waals surface area contributed by atoms with Crippen molar-refractivity contribution in [2.24, 2.45) is 5.92 Å². The van der Waals surface area contributed by atoms with Gasteiger partial charge in [0.2, 0.25) is 0 Å². The molecule has 2 heteroatoms. The van der Waals surface area contributed by atoms with Gasteiger partial charge < -0.3 is 9.84 Å². The van der Waals surface area contributed by atoms with E-state index in [1.807, 2.05) is 6.07 Å². The summed E-state index contributed by atoms with van der Waals surface area (Å²) in [6.07, 6.45) is 12.0. The van der Waals surface area contributed by atoms with Crippen LogP contribution >= 0.6 is 0 Å². The van der Waals surface area contributed by atoms with Gasteiger partial charge >= 0.3 is 0 Å². The molecular weight excluding hydrogens is 344 g/mol. The smallest absolute Gasteiger partial charge is 0.127 e. The van der Waals surface area contributed by atoms with Crippen LogP contribution in [0.15, 0.2) is 23.8 Å². The summed E-state index contributed by atoms with van der Waals surface area (Å²) in [7, 11) is 0. The van der Waals surface area contributed by atoms with Gasteiger partial charge in [0.15, 0.2) is 0 Å². The molecule has 1 aromatic rings. The average Bonchev–Trinajstić information content (AvgIpc) is 2.60. The van der Waals surface area contributed by atoms with Crippen LogP contribution in [-0.4, -0.2) is 10.7 Å². The molecule has 156 valence electrons. The van der Waals surface area contributed by atoms with Gasteiger partial charge in [-0.2, -0.15) is 0 Å². The van der Waals surface area contributed by atoms with E-state index in [2.05, 4.69) is 53.7 Å². The molecule has 0 radical (unpaired) electrons. The highest BCUT2D eigenvalue weighted by atomic mass is 16.5. The van der Waals surface area contributed by atoms with Crippen LogP contribution in [0.5, 0.6) is 11.5 Å². The molecule has 1 aromatic carbocycles. The van der Waals surface area contributed by atoms with Gasteiger partial charge in [-0.25, -0.2) is 0 Å². The predicted octanol–water partition coefficient (Wildman–Crippen LogP) is 7.64. The van der Waals surface area contributed by atoms with Crippen LogP contribution in [0.3, 0.4) is 0 Å². The van der Waals surface area contributed by atoms with E-state index in [4.69, 9.17) is 4.74 Å². The van der Waals surface area contributed by atoms with Crippen LogP contribution in [0.4, 0.5) is 0 Å². The Labute approximate surface area is 172 Å². The third kappa shape index (κ3) is 4.26. The van der Waals surface area contributed by atoms with Crippen molar-refractivity contribution >= 4 is 0 Å². The van der Waals surface area contributed by atoms with E-state index < -0.39 is 0 Å². The molecule has 1 aliphatic heterocycles. The van der Waals surface area contributed by atoms with Crippen molar-refractivity contribution < 1.29 is 9.84 Å². The van der Waals surface area contributed by atoms with Crippen LogP contribution in [0.1, 0.15) is 110 Å². The number of hydrogen-bond acceptors (Lipinski definition) is 2. The zero-order valence-electron chi connectivity index (χ0n) is 18.9. The van der Waals surface area contributed by atoms with E-state index in [-0.39, 0.29) is 11.0 Å². The quantitative estimate of drug-likeness (QED) is 0.386. The molecule has 0 saturated carbocycles. The molecule has 2 nitrogen and oxygen atoms in total. The number of unbranched alkanes of at least 4 members (excludes halogenated alkanes) is 4. The number of allylic oxidation sites excluding steroid dienone is 2. The topological polar surface area (TPSA) is 29.5 Å². The molecule has 2 aliphatic rings. The van der Waals surface area contributed by atoms with Crippen molar-refractivity contribution in [3.8, 4) is 11.5 Å². The van der Waals surface area contributed by atoms with Crippen LogP contribution in [0.2, 0.25) is 0 Å². The molecule has 28 heavy (non-hydrogen) atoms. The van der Waals surface area contributed by atoms with E-state index in [0.29, 0.717) is 17.6 Å². The average molecular weight is 385 g/mol. The van der Waals surface area contributed by atoms with Gasteiger partial charge in [0, 0.05) is 17.4 Å². The van der Waals surface area contributed by atoms with E-state index >= 15 is 0 Å². The van der Waals surface area contributed by atoms with E-state index in [9.17, 15) is 5.11 Å². The fourth-order valence-electron chi connectivity index (χ4n) is 5.27. The molecule has 1 N–H and O–H groups in total. The maximum absolute atomic E-state index is 11.0. The standard InChI is InChI=1S/C26H40O2/c1-7-8-9-10-11-14-25(3,4)19-16-22(27)24-20-15-18(2)12-13-21(20)26(5,6)28-23(24)17-19/h12,16-17,20-21,27H,7-11,13-15H2,1-6H3/t20-,21-/m1/s1. The predicted molar refractivity (Wildman–Crippen MR) is 118 cm³/mol. The normalized spacial score (nSPS) is 23.4. The first-order valence-electron chi connectivity index (χ1n) is 11.4. The number of aromatic hydroxyl groups is 1. The van der Waals surface area contributed by atoms with Gasteiger partial charge in [-0.15, -0.1) is 0 Å². The highest BCUT2D eigenvalue weighted by Crippen LogP contribution is 2.54. The molecule has 0 spiro atoms. The van der Waals surface area contributed by atoms with Crippen LogP contribution in [0.25, 0.3) is 0 Å². The van der Waals surface area contributed by atoms with E-state index in [1.165, 1.54) is 43.2 Å². The van der Waals surface area contributed by atoms with E-state index in [0.717, 1.165) is 30.6 Å². The van der Waals surface area contributed by atoms with Crippen LogP contribution in [-0.2, 0) is 5.41 Å². The lowest BCUT2D eigenvalue weighted by Crippen LogP contribution is -2.45. The van der Waals surface area contributed by atoms with E-state index in [1.54, 1.807) is 0 Å². The van der Waals surface area contributed by atoms with Crippen molar-refractivity contribution in [3.63, 3.8) is 0 Å². The van der Waals surface area contributed by atoms with Gasteiger partial charge in [0.05, 0.1) is 0 Å². The molecule has 1 heterocycles. The Balaban J connectivity index is 1.86. The second-order valence-electron chi connectivity index (χ2n) is 10.4. The summed E-state index contributed by atoms with van der Waals surface area (Å²) in [5, 5.41) is 11.0. The largest absolute Gasteiger partial charge is 0.508 e. The van der Waals surface area contributed by atoms with Crippen LogP contribution in [0, 0.1) is 5.92 Å². The Morgan fingerprint density at radius 3 is 2.57 bits per heavy atom. The minimum absolute atomic E-state index is 0.0471. The zero-order chi connectivity index (χ0) is 20.5. The summed E-state index contributed by atoms with van der Waals surface area (Å²) < 4.78 is 6.51. The maximum atomic E-state index is 11.0. The zero-order valence-corrected chi connectivity index (χ0v) is 18.9. The lowest BCUT2D eigenvalue weighted by Gasteiger charge is -2.47. The first-order valence-corrected chi connectivity index (χ1v) is 11.4. The Hall–Kier alpha value is -1.44. The number of phenolic OH excluding ortho intramolecular Hbond substituents is 1. The Morgan fingerprint density at radius 2 is 1.86 bits per heavy atom. The summed E-state index contributed by atoms with van der Waals surface area (Å²) in [6.45, 7) is 13.5. The molecule has 0 aromatic heterocycles. The fourth-order valence-corrected chi connectivity index (χ4v) is 5.27. The maximum Gasteiger partial charge on any atom is 0.127 e. The molecule has 3 rings (SSSR count). The number of ether oxygens (including phenoxy) is 1. The molecule has 0 unspecified atom stereocenters. The third-order valence-electron chi connectivity index (χ3n) is 7.19. The van der Waals surface area contributed by atoms with Gasteiger partial charge in [-0.1, -0.05) is 64.5 Å². The highest BCUT2D eigenvalue weighted by molar-refractivity contribution is 5.54. The summed E-state index contributed by atoms with van der Waals surface area (Å²) in [4.78, 5) is 0. The summed E-state index contributed by atoms with van der Waals surface area (Å²) in [6, 6.07) is 4.25.